The molecule has 5 rings (SSSR count). The molecule has 1 atom stereocenters. The van der Waals surface area contributed by atoms with Crippen LogP contribution in [0.5, 0.6) is 0 Å². The van der Waals surface area contributed by atoms with Gasteiger partial charge in [-0.3, -0.25) is 9.59 Å². The number of nitrogens with one attached hydrogen (secondary N) is 1. The van der Waals surface area contributed by atoms with Crippen LogP contribution >= 0.6 is 23.2 Å². The van der Waals surface area contributed by atoms with Crippen LogP contribution in [-0.4, -0.2) is 33.2 Å². The van der Waals surface area contributed by atoms with Gasteiger partial charge in [-0.25, -0.2) is 4.39 Å². The molecule has 1 aromatic heterocycles. The number of benzene rings is 3. The summed E-state index contributed by atoms with van der Waals surface area (Å²) in [7, 11) is 0. The number of aromatic amines is 1. The summed E-state index contributed by atoms with van der Waals surface area (Å²) in [5, 5.41) is 12.7. The number of hydrogen-bond donors (Lipinski definition) is 2. The maximum absolute atomic E-state index is 13.4. The minimum absolute atomic E-state index is 0.107. The van der Waals surface area contributed by atoms with Crippen LogP contribution in [-0.2, 0) is 16.0 Å². The van der Waals surface area contributed by atoms with Crippen molar-refractivity contribution in [3.63, 3.8) is 0 Å². The molecule has 0 unspecified atom stereocenters. The Morgan fingerprint density at radius 2 is 1.77 bits per heavy atom. The molecule has 5 nitrogen and oxygen atoms in total. The second kappa shape index (κ2) is 9.21. The third kappa shape index (κ3) is 4.20. The van der Waals surface area contributed by atoms with Gasteiger partial charge in [-0.1, -0.05) is 47.5 Å². The molecule has 2 N–H and O–H groups in total. The summed E-state index contributed by atoms with van der Waals surface area (Å²) < 4.78 is 13.4. The van der Waals surface area contributed by atoms with Crippen molar-refractivity contribution in [3.05, 3.63) is 111 Å². The lowest BCUT2D eigenvalue weighted by molar-refractivity contribution is -0.139. The Labute approximate surface area is 210 Å². The number of ketones is 1. The highest BCUT2D eigenvalue weighted by atomic mass is 35.5. The number of para-hydroxylation sites is 1. The topological polar surface area (TPSA) is 73.4 Å². The minimum atomic E-state index is -0.935. The maximum Gasteiger partial charge on any atom is 0.295 e. The van der Waals surface area contributed by atoms with Gasteiger partial charge < -0.3 is 15.0 Å². The fraction of sp³-hybridized carbons (Fsp3) is 0.111. The number of hydrogen-bond acceptors (Lipinski definition) is 3. The number of H-pyrrole nitrogens is 1. The number of amides is 1. The van der Waals surface area contributed by atoms with Crippen LogP contribution in [0.2, 0.25) is 10.0 Å². The molecule has 1 fully saturated rings. The Hall–Kier alpha value is -3.61. The van der Waals surface area contributed by atoms with Gasteiger partial charge in [-0.15, -0.1) is 0 Å². The summed E-state index contributed by atoms with van der Waals surface area (Å²) >= 11 is 12.6. The highest BCUT2D eigenvalue weighted by Gasteiger charge is 2.46. The minimum Gasteiger partial charge on any atom is -0.507 e. The van der Waals surface area contributed by atoms with E-state index in [2.05, 4.69) is 4.98 Å². The van der Waals surface area contributed by atoms with Gasteiger partial charge in [0.05, 0.1) is 11.6 Å². The van der Waals surface area contributed by atoms with Crippen LogP contribution in [0.4, 0.5) is 4.39 Å². The maximum atomic E-state index is 13.4. The van der Waals surface area contributed by atoms with Crippen LogP contribution < -0.4 is 0 Å². The summed E-state index contributed by atoms with van der Waals surface area (Å²) in [6.07, 6.45) is 2.35. The normalized spacial score (nSPS) is 17.5. The van der Waals surface area contributed by atoms with Crippen molar-refractivity contribution >= 4 is 51.6 Å². The summed E-state index contributed by atoms with van der Waals surface area (Å²) in [5.74, 6) is -2.46. The molecule has 0 radical (unpaired) electrons. The van der Waals surface area contributed by atoms with Gasteiger partial charge in [0.15, 0.2) is 0 Å². The molecule has 1 saturated heterocycles. The van der Waals surface area contributed by atoms with Gasteiger partial charge in [0.2, 0.25) is 0 Å². The number of Topliss-reactive ketones (excluding diaryl/α,β-unsaturated/α-hetero) is 1. The number of carbonyl (C=O) groups excluding carboxylic acids is 2. The van der Waals surface area contributed by atoms with E-state index >= 15 is 0 Å². The molecule has 0 bridgehead atoms. The number of nitrogens with zero attached hydrogens (tertiary/aromatic N) is 1. The van der Waals surface area contributed by atoms with E-state index in [1.54, 1.807) is 12.1 Å². The average Bonchev–Trinajstić information content (AvgIpc) is 3.36. The van der Waals surface area contributed by atoms with E-state index in [1.165, 1.54) is 35.2 Å². The lowest BCUT2D eigenvalue weighted by Gasteiger charge is -2.26. The zero-order chi connectivity index (χ0) is 24.7. The van der Waals surface area contributed by atoms with E-state index in [0.29, 0.717) is 17.0 Å². The quantitative estimate of drug-likeness (QED) is 0.189. The van der Waals surface area contributed by atoms with E-state index < -0.39 is 29.3 Å². The number of likely N-dealkylation sites (tertiary alicyclic amines) is 1. The number of aliphatic hydroxyl groups excluding tert-OH is 1. The Bertz CT molecular complexity index is 1490. The van der Waals surface area contributed by atoms with Crippen molar-refractivity contribution in [2.45, 2.75) is 12.5 Å². The summed E-state index contributed by atoms with van der Waals surface area (Å²) in [5.41, 5.74) is 2.53. The monoisotopic (exact) mass is 508 g/mol. The summed E-state index contributed by atoms with van der Waals surface area (Å²) in [6.45, 7) is 0.205. The summed E-state index contributed by atoms with van der Waals surface area (Å²) in [6, 6.07) is 16.7. The number of carbonyl (C=O) groups is 2. The second-order valence-corrected chi connectivity index (χ2v) is 9.12. The lowest BCUT2D eigenvalue weighted by Crippen LogP contribution is -2.31. The number of aromatic nitrogens is 1. The summed E-state index contributed by atoms with van der Waals surface area (Å²) in [4.78, 5) is 31.0. The van der Waals surface area contributed by atoms with Crippen LogP contribution in [0, 0.1) is 5.82 Å². The third-order valence-corrected chi connectivity index (χ3v) is 6.77. The van der Waals surface area contributed by atoms with Crippen molar-refractivity contribution in [2.75, 3.05) is 6.54 Å². The van der Waals surface area contributed by atoms with Crippen molar-refractivity contribution in [1.29, 1.82) is 0 Å². The molecule has 8 heteroatoms. The lowest BCUT2D eigenvalue weighted by atomic mass is 9.95. The predicted molar refractivity (Wildman–Crippen MR) is 134 cm³/mol. The van der Waals surface area contributed by atoms with Gasteiger partial charge in [0, 0.05) is 39.3 Å². The zero-order valence-corrected chi connectivity index (χ0v) is 19.8. The highest BCUT2D eigenvalue weighted by molar-refractivity contribution is 6.47. The third-order valence-electron chi connectivity index (χ3n) is 6.21. The molecule has 1 aliphatic heterocycles. The molecule has 0 spiro atoms. The highest BCUT2D eigenvalue weighted by Crippen LogP contribution is 2.42. The first-order valence-corrected chi connectivity index (χ1v) is 11.6. The molecule has 0 aliphatic carbocycles. The fourth-order valence-corrected chi connectivity index (χ4v) is 5.01. The first kappa shape index (κ1) is 23.1. The van der Waals surface area contributed by atoms with Crippen molar-refractivity contribution < 1.29 is 19.1 Å². The molecular formula is C27H19Cl2FN2O3. The van der Waals surface area contributed by atoms with Crippen molar-refractivity contribution in [3.8, 4) is 0 Å². The molecule has 1 amide bonds. The van der Waals surface area contributed by atoms with Crippen molar-refractivity contribution in [2.24, 2.45) is 0 Å². The number of halogens is 3. The number of fused-ring (bicyclic) bond motifs is 1. The predicted octanol–water partition coefficient (Wildman–Crippen LogP) is 6.28. The van der Waals surface area contributed by atoms with Crippen LogP contribution in [0.3, 0.4) is 0 Å². The van der Waals surface area contributed by atoms with E-state index in [0.717, 1.165) is 16.5 Å². The SMILES string of the molecule is O=C1C(=O)N(CCc2c[nH]c3ccccc23)[C@@H](c2ccc(Cl)cc2Cl)C1=C(O)c1ccc(F)cc1. The molecule has 176 valence electrons. The fourth-order valence-electron chi connectivity index (χ4n) is 4.50. The molecule has 2 heterocycles. The van der Waals surface area contributed by atoms with E-state index in [4.69, 9.17) is 23.2 Å². The first-order valence-electron chi connectivity index (χ1n) is 10.9. The van der Waals surface area contributed by atoms with Crippen LogP contribution in [0.1, 0.15) is 22.7 Å². The van der Waals surface area contributed by atoms with Gasteiger partial charge in [0.25, 0.3) is 11.7 Å². The first-order chi connectivity index (χ1) is 16.8. The Balaban J connectivity index is 1.59. The van der Waals surface area contributed by atoms with Gasteiger partial charge >= 0.3 is 0 Å². The van der Waals surface area contributed by atoms with Crippen LogP contribution in [0.25, 0.3) is 16.7 Å². The molecule has 0 saturated carbocycles. The second-order valence-electron chi connectivity index (χ2n) is 8.27. The van der Waals surface area contributed by atoms with Gasteiger partial charge in [0.1, 0.15) is 11.6 Å². The van der Waals surface area contributed by atoms with Gasteiger partial charge in [-0.05, 0) is 60.0 Å². The Kier molecular flexibility index (Phi) is 6.09. The van der Waals surface area contributed by atoms with Gasteiger partial charge in [-0.2, -0.15) is 0 Å². The number of aliphatic hydroxyl groups is 1. The van der Waals surface area contributed by atoms with E-state index in [1.807, 2.05) is 30.5 Å². The molecule has 35 heavy (non-hydrogen) atoms. The van der Waals surface area contributed by atoms with Crippen LogP contribution in [0.15, 0.2) is 78.5 Å². The van der Waals surface area contributed by atoms with E-state index in [9.17, 15) is 19.1 Å². The zero-order valence-electron chi connectivity index (χ0n) is 18.3. The Morgan fingerprint density at radius 3 is 2.51 bits per heavy atom. The molecule has 1 aliphatic rings. The molecule has 4 aromatic rings. The largest absolute Gasteiger partial charge is 0.507 e. The number of rotatable bonds is 5. The Morgan fingerprint density at radius 1 is 1.03 bits per heavy atom. The van der Waals surface area contributed by atoms with E-state index in [-0.39, 0.29) is 22.7 Å². The molecular weight excluding hydrogens is 490 g/mol. The standard InChI is InChI=1S/C27H19Cl2FN2O3/c28-17-7-10-20(21(29)13-17)24-23(25(33)15-5-8-18(30)9-6-15)26(34)27(35)32(24)12-11-16-14-31-22-4-2-1-3-19(16)22/h1-10,13-14,24,31,33H,11-12H2/t24-/m0/s1. The van der Waals surface area contributed by atoms with Crippen molar-refractivity contribution in [1.82, 2.24) is 9.88 Å². The smallest absolute Gasteiger partial charge is 0.295 e. The average molecular weight is 509 g/mol. The molecule has 3 aromatic carbocycles.